The minimum atomic E-state index is -0.565. The molecule has 3 rings (SSSR count). The van der Waals surface area contributed by atoms with E-state index in [4.69, 9.17) is 14.7 Å². The number of carbonyl (C=O) groups is 2. The first-order chi connectivity index (χ1) is 13.5. The molecule has 0 spiro atoms. The lowest BCUT2D eigenvalue weighted by atomic mass is 10.2. The molecule has 28 heavy (non-hydrogen) atoms. The van der Waals surface area contributed by atoms with Crippen molar-refractivity contribution in [1.29, 1.82) is 0 Å². The van der Waals surface area contributed by atoms with Gasteiger partial charge in [-0.3, -0.25) is 14.5 Å². The monoisotopic (exact) mass is 396 g/mol. The molecule has 2 aliphatic rings. The molecule has 1 aromatic rings. The van der Waals surface area contributed by atoms with Crippen molar-refractivity contribution in [2.45, 2.75) is 13.0 Å². The van der Waals surface area contributed by atoms with E-state index in [1.54, 1.807) is 17.2 Å². The quantitative estimate of drug-likeness (QED) is 0.716. The molecule has 2 amide bonds. The predicted molar refractivity (Wildman–Crippen MR) is 99.5 cm³/mol. The van der Waals surface area contributed by atoms with Gasteiger partial charge >= 0.3 is 6.09 Å². The van der Waals surface area contributed by atoms with Gasteiger partial charge in [0, 0.05) is 33.1 Å². The van der Waals surface area contributed by atoms with E-state index in [2.05, 4.69) is 5.32 Å². The fourth-order valence-corrected chi connectivity index (χ4v) is 3.23. The summed E-state index contributed by atoms with van der Waals surface area (Å²) in [5.74, 6) is -0.643. The van der Waals surface area contributed by atoms with Gasteiger partial charge in [-0.05, 0) is 18.2 Å². The minimum Gasteiger partial charge on any atom is -0.442 e. The van der Waals surface area contributed by atoms with Crippen LogP contribution in [0.1, 0.15) is 6.92 Å². The van der Waals surface area contributed by atoms with Crippen LogP contribution in [0.3, 0.4) is 0 Å². The highest BCUT2D eigenvalue weighted by Gasteiger charge is 2.33. The van der Waals surface area contributed by atoms with Gasteiger partial charge in [0.2, 0.25) is 5.91 Å². The van der Waals surface area contributed by atoms with Crippen molar-refractivity contribution in [2.24, 2.45) is 0 Å². The maximum atomic E-state index is 14.8. The van der Waals surface area contributed by atoms with E-state index in [9.17, 15) is 14.0 Å². The SMILES string of the molecule is CC(=O)NC[C@H]1CN(c2ccc(N3CCON(CCO)CC3)c(F)c2)C(=O)O1. The van der Waals surface area contributed by atoms with E-state index in [0.29, 0.717) is 44.2 Å². The number of cyclic esters (lactones) is 1. The number of rotatable bonds is 6. The van der Waals surface area contributed by atoms with Crippen molar-refractivity contribution in [1.82, 2.24) is 10.4 Å². The van der Waals surface area contributed by atoms with Crippen LogP contribution < -0.4 is 15.1 Å². The summed E-state index contributed by atoms with van der Waals surface area (Å²) in [4.78, 5) is 31.8. The highest BCUT2D eigenvalue weighted by Crippen LogP contribution is 2.28. The van der Waals surface area contributed by atoms with Crippen LogP contribution in [0.4, 0.5) is 20.6 Å². The molecule has 2 fully saturated rings. The molecule has 2 N–H and O–H groups in total. The number of benzene rings is 1. The van der Waals surface area contributed by atoms with Gasteiger partial charge in [-0.2, -0.15) is 5.06 Å². The zero-order valence-electron chi connectivity index (χ0n) is 15.8. The van der Waals surface area contributed by atoms with E-state index in [-0.39, 0.29) is 25.6 Å². The first kappa shape index (κ1) is 20.3. The number of hydrogen-bond acceptors (Lipinski definition) is 7. The maximum absolute atomic E-state index is 14.8. The molecular weight excluding hydrogens is 371 g/mol. The topological polar surface area (TPSA) is 94.6 Å². The van der Waals surface area contributed by atoms with Crippen molar-refractivity contribution in [3.05, 3.63) is 24.0 Å². The van der Waals surface area contributed by atoms with Crippen LogP contribution in [0.15, 0.2) is 18.2 Å². The van der Waals surface area contributed by atoms with E-state index < -0.39 is 18.0 Å². The molecule has 154 valence electrons. The van der Waals surface area contributed by atoms with E-state index in [0.717, 1.165) is 0 Å². The zero-order valence-corrected chi connectivity index (χ0v) is 15.8. The van der Waals surface area contributed by atoms with Crippen molar-refractivity contribution >= 4 is 23.4 Å². The molecule has 1 aromatic carbocycles. The number of hydroxylamine groups is 2. The minimum absolute atomic E-state index is 0.00206. The molecule has 1 atom stereocenters. The average molecular weight is 396 g/mol. The van der Waals surface area contributed by atoms with Crippen molar-refractivity contribution < 1.29 is 28.7 Å². The van der Waals surface area contributed by atoms with Crippen LogP contribution in [-0.2, 0) is 14.4 Å². The van der Waals surface area contributed by atoms with Crippen LogP contribution in [0.25, 0.3) is 0 Å². The Balaban J connectivity index is 1.65. The third-order valence-electron chi connectivity index (χ3n) is 4.64. The summed E-state index contributed by atoms with van der Waals surface area (Å²) in [6.07, 6.45) is -1.04. The Morgan fingerprint density at radius 2 is 2.18 bits per heavy atom. The number of ether oxygens (including phenoxy) is 1. The number of halogens is 1. The number of anilines is 2. The molecule has 2 saturated heterocycles. The standard InChI is InChI=1S/C18H25FN4O5/c1-13(25)20-11-15-12-23(18(26)28-15)14-2-3-17(16(19)10-14)21-4-5-22(6-8-24)27-9-7-21/h2-3,10,15,24H,4-9,11-12H2,1H3,(H,20,25)/t15-/m0/s1. The third kappa shape index (κ3) is 4.89. The summed E-state index contributed by atoms with van der Waals surface area (Å²) in [6.45, 7) is 4.27. The Morgan fingerprint density at radius 1 is 1.36 bits per heavy atom. The molecule has 2 heterocycles. The number of hydrogen-bond donors (Lipinski definition) is 2. The second-order valence-corrected chi connectivity index (χ2v) is 6.66. The number of nitrogens with zero attached hydrogens (tertiary/aromatic N) is 3. The zero-order chi connectivity index (χ0) is 20.1. The largest absolute Gasteiger partial charge is 0.442 e. The Labute approximate surface area is 162 Å². The summed E-state index contributed by atoms with van der Waals surface area (Å²) in [6, 6.07) is 4.63. The van der Waals surface area contributed by atoms with Crippen LogP contribution in [0.5, 0.6) is 0 Å². The third-order valence-corrected chi connectivity index (χ3v) is 4.64. The molecule has 10 heteroatoms. The summed E-state index contributed by atoms with van der Waals surface area (Å²) in [7, 11) is 0. The van der Waals surface area contributed by atoms with Gasteiger partial charge in [0.1, 0.15) is 11.9 Å². The van der Waals surface area contributed by atoms with Gasteiger partial charge in [0.15, 0.2) is 0 Å². The number of aliphatic hydroxyl groups is 1. The van der Waals surface area contributed by atoms with Crippen LogP contribution in [0, 0.1) is 5.82 Å². The first-order valence-corrected chi connectivity index (χ1v) is 9.23. The highest BCUT2D eigenvalue weighted by molar-refractivity contribution is 5.90. The Bertz CT molecular complexity index is 719. The normalized spacial score (nSPS) is 20.8. The Kier molecular flexibility index (Phi) is 6.65. The lowest BCUT2D eigenvalue weighted by Crippen LogP contribution is -2.33. The molecular formula is C18H25FN4O5. The van der Waals surface area contributed by atoms with E-state index in [1.807, 2.05) is 4.90 Å². The van der Waals surface area contributed by atoms with Crippen LogP contribution in [0.2, 0.25) is 0 Å². The predicted octanol–water partition coefficient (Wildman–Crippen LogP) is 0.333. The lowest BCUT2D eigenvalue weighted by Gasteiger charge is -2.24. The smallest absolute Gasteiger partial charge is 0.414 e. The molecule has 9 nitrogen and oxygen atoms in total. The number of aliphatic hydroxyl groups excluding tert-OH is 1. The Morgan fingerprint density at radius 3 is 2.89 bits per heavy atom. The Hall–Kier alpha value is -2.43. The molecule has 0 aromatic heterocycles. The first-order valence-electron chi connectivity index (χ1n) is 9.23. The summed E-state index contributed by atoms with van der Waals surface area (Å²) in [5, 5.41) is 13.3. The number of amides is 2. The van der Waals surface area contributed by atoms with Gasteiger partial charge in [-0.15, -0.1) is 0 Å². The average Bonchev–Trinajstić information content (AvgIpc) is 2.87. The molecule has 0 radical (unpaired) electrons. The summed E-state index contributed by atoms with van der Waals surface area (Å²) >= 11 is 0. The fourth-order valence-electron chi connectivity index (χ4n) is 3.23. The second kappa shape index (κ2) is 9.18. The molecule has 2 aliphatic heterocycles. The van der Waals surface area contributed by atoms with Gasteiger partial charge in [-0.25, -0.2) is 9.18 Å². The maximum Gasteiger partial charge on any atom is 0.414 e. The molecule has 0 bridgehead atoms. The van der Waals surface area contributed by atoms with Gasteiger partial charge in [0.05, 0.1) is 37.7 Å². The van der Waals surface area contributed by atoms with Crippen molar-refractivity contribution in [3.63, 3.8) is 0 Å². The fraction of sp³-hybridized carbons (Fsp3) is 0.556. The second-order valence-electron chi connectivity index (χ2n) is 6.66. The van der Waals surface area contributed by atoms with Gasteiger partial charge < -0.3 is 20.1 Å². The molecule has 0 aliphatic carbocycles. The van der Waals surface area contributed by atoms with Crippen LogP contribution in [-0.4, -0.2) is 80.8 Å². The van der Waals surface area contributed by atoms with Crippen LogP contribution >= 0.6 is 0 Å². The highest BCUT2D eigenvalue weighted by atomic mass is 19.1. The van der Waals surface area contributed by atoms with Gasteiger partial charge in [0.25, 0.3) is 0 Å². The summed E-state index contributed by atoms with van der Waals surface area (Å²) < 4.78 is 20.0. The lowest BCUT2D eigenvalue weighted by molar-refractivity contribution is -0.152. The van der Waals surface area contributed by atoms with E-state index in [1.165, 1.54) is 17.9 Å². The van der Waals surface area contributed by atoms with Gasteiger partial charge in [-0.1, -0.05) is 0 Å². The van der Waals surface area contributed by atoms with Crippen molar-refractivity contribution in [2.75, 3.05) is 62.3 Å². The number of β-amino-alcohol motifs (C(OH)–C–C–N with tert-alkyl or cyclic N) is 1. The van der Waals surface area contributed by atoms with E-state index >= 15 is 0 Å². The number of nitrogens with one attached hydrogen (secondary N) is 1. The van der Waals surface area contributed by atoms with Crippen molar-refractivity contribution in [3.8, 4) is 0 Å². The summed E-state index contributed by atoms with van der Waals surface area (Å²) in [5.41, 5.74) is 0.838. The molecule has 0 unspecified atom stereocenters. The number of carbonyl (C=O) groups excluding carboxylic acids is 2. The molecule has 0 saturated carbocycles.